The Balaban J connectivity index is 1.64. The fraction of sp³-hybridized carbons (Fsp3) is 0.650. The quantitative estimate of drug-likeness (QED) is 0.753. The normalized spacial score (nSPS) is 18.0. The number of carbonyl (C=O) groups is 2. The number of carbonyl (C=O) groups excluding carboxylic acids is 2. The molecule has 0 bridgehead atoms. The van der Waals surface area contributed by atoms with Crippen molar-refractivity contribution >= 4 is 17.8 Å². The molecule has 0 radical (unpaired) electrons. The van der Waals surface area contributed by atoms with Crippen LogP contribution < -0.4 is 4.90 Å². The van der Waals surface area contributed by atoms with Crippen LogP contribution in [0.3, 0.4) is 0 Å². The van der Waals surface area contributed by atoms with Crippen molar-refractivity contribution in [3.63, 3.8) is 0 Å². The molecule has 3 heterocycles. The van der Waals surface area contributed by atoms with Crippen LogP contribution in [0.25, 0.3) is 0 Å². The summed E-state index contributed by atoms with van der Waals surface area (Å²) in [7, 11) is 0. The van der Waals surface area contributed by atoms with E-state index in [1.54, 1.807) is 11.8 Å². The third-order valence-electron chi connectivity index (χ3n) is 5.02. The maximum absolute atomic E-state index is 12.4. The molecule has 1 aromatic heterocycles. The van der Waals surface area contributed by atoms with Crippen molar-refractivity contribution in [1.29, 1.82) is 0 Å². The lowest BCUT2D eigenvalue weighted by atomic mass is 10.1. The fourth-order valence-corrected chi connectivity index (χ4v) is 3.51. The first kappa shape index (κ1) is 19.5. The minimum absolute atomic E-state index is 0.131. The molecule has 7 nitrogen and oxygen atoms in total. The number of fused-ring (bicyclic) bond motifs is 1. The van der Waals surface area contributed by atoms with Gasteiger partial charge in [0.05, 0.1) is 0 Å². The summed E-state index contributed by atoms with van der Waals surface area (Å²) in [6.45, 7) is 11.6. The van der Waals surface area contributed by atoms with Gasteiger partial charge in [0, 0.05) is 58.3 Å². The molecule has 0 aliphatic carbocycles. The first-order valence-electron chi connectivity index (χ1n) is 9.70. The molecule has 1 saturated heterocycles. The van der Waals surface area contributed by atoms with Crippen molar-refractivity contribution in [2.45, 2.75) is 46.1 Å². The highest BCUT2D eigenvalue weighted by molar-refractivity contribution is 5.73. The van der Waals surface area contributed by atoms with Crippen LogP contribution in [0.5, 0.6) is 0 Å². The van der Waals surface area contributed by atoms with E-state index >= 15 is 0 Å². The molecule has 0 spiro atoms. The molecule has 3 rings (SSSR count). The Kier molecular flexibility index (Phi) is 5.58. The van der Waals surface area contributed by atoms with Crippen LogP contribution in [0.1, 0.15) is 39.0 Å². The number of pyridine rings is 1. The van der Waals surface area contributed by atoms with Gasteiger partial charge < -0.3 is 19.4 Å². The van der Waals surface area contributed by atoms with E-state index in [4.69, 9.17) is 9.72 Å². The number of aromatic nitrogens is 1. The second kappa shape index (κ2) is 7.74. The smallest absolute Gasteiger partial charge is 0.410 e. The van der Waals surface area contributed by atoms with Gasteiger partial charge in [-0.1, -0.05) is 6.07 Å². The van der Waals surface area contributed by atoms with E-state index < -0.39 is 5.60 Å². The third-order valence-corrected chi connectivity index (χ3v) is 5.02. The maximum Gasteiger partial charge on any atom is 0.410 e. The zero-order valence-electron chi connectivity index (χ0n) is 16.8. The summed E-state index contributed by atoms with van der Waals surface area (Å²) in [5, 5.41) is 0. The van der Waals surface area contributed by atoms with Crippen molar-refractivity contribution in [2.24, 2.45) is 0 Å². The number of anilines is 1. The van der Waals surface area contributed by atoms with Gasteiger partial charge in [-0.15, -0.1) is 0 Å². The Labute approximate surface area is 161 Å². The topological polar surface area (TPSA) is 66.0 Å². The predicted octanol–water partition coefficient (Wildman–Crippen LogP) is 2.09. The molecule has 2 aliphatic rings. The minimum atomic E-state index is -0.482. The lowest BCUT2D eigenvalue weighted by Crippen LogP contribution is -2.48. The SMILES string of the molecule is CC(=O)N1CCN(c2ccc3c(n2)CCN(C(=O)OC(C)(C)C)CC3)CC1. The first-order chi connectivity index (χ1) is 12.7. The summed E-state index contributed by atoms with van der Waals surface area (Å²) < 4.78 is 5.51. The van der Waals surface area contributed by atoms with Gasteiger partial charge >= 0.3 is 6.09 Å². The first-order valence-corrected chi connectivity index (χ1v) is 9.70. The Morgan fingerprint density at radius 3 is 2.26 bits per heavy atom. The number of amides is 2. The van der Waals surface area contributed by atoms with Gasteiger partial charge in [0.15, 0.2) is 0 Å². The van der Waals surface area contributed by atoms with Crippen LogP contribution in [0, 0.1) is 0 Å². The summed E-state index contributed by atoms with van der Waals surface area (Å²) >= 11 is 0. The van der Waals surface area contributed by atoms with Crippen LogP contribution in [0.2, 0.25) is 0 Å². The monoisotopic (exact) mass is 374 g/mol. The van der Waals surface area contributed by atoms with E-state index in [0.717, 1.165) is 50.5 Å². The highest BCUT2D eigenvalue weighted by Gasteiger charge is 2.25. The van der Waals surface area contributed by atoms with Gasteiger partial charge in [-0.2, -0.15) is 0 Å². The Bertz CT molecular complexity index is 706. The van der Waals surface area contributed by atoms with Gasteiger partial charge in [0.25, 0.3) is 0 Å². The molecule has 1 fully saturated rings. The van der Waals surface area contributed by atoms with E-state index in [1.165, 1.54) is 5.56 Å². The summed E-state index contributed by atoms with van der Waals surface area (Å²) in [6, 6.07) is 4.19. The molecular formula is C20H30N4O3. The molecule has 1 aromatic rings. The Morgan fingerprint density at radius 1 is 0.963 bits per heavy atom. The van der Waals surface area contributed by atoms with Crippen molar-refractivity contribution in [3.8, 4) is 0 Å². The second-order valence-electron chi connectivity index (χ2n) is 8.24. The van der Waals surface area contributed by atoms with Gasteiger partial charge in [-0.3, -0.25) is 4.79 Å². The van der Waals surface area contributed by atoms with Crippen LogP contribution in [-0.2, 0) is 22.4 Å². The number of nitrogens with zero attached hydrogens (tertiary/aromatic N) is 4. The molecule has 0 unspecified atom stereocenters. The molecule has 2 amide bonds. The molecule has 148 valence electrons. The number of piperazine rings is 1. The Hall–Kier alpha value is -2.31. The van der Waals surface area contributed by atoms with Crippen molar-refractivity contribution in [3.05, 3.63) is 23.4 Å². The zero-order chi connectivity index (χ0) is 19.6. The van der Waals surface area contributed by atoms with Crippen molar-refractivity contribution in [2.75, 3.05) is 44.2 Å². The third kappa shape index (κ3) is 4.90. The number of hydrogen-bond donors (Lipinski definition) is 0. The van der Waals surface area contributed by atoms with Gasteiger partial charge in [0.2, 0.25) is 5.91 Å². The lowest BCUT2D eigenvalue weighted by molar-refractivity contribution is -0.129. The van der Waals surface area contributed by atoms with E-state index in [1.807, 2.05) is 25.7 Å². The van der Waals surface area contributed by atoms with Crippen LogP contribution in [-0.4, -0.2) is 71.7 Å². The highest BCUT2D eigenvalue weighted by atomic mass is 16.6. The van der Waals surface area contributed by atoms with Crippen molar-refractivity contribution < 1.29 is 14.3 Å². The second-order valence-corrected chi connectivity index (χ2v) is 8.24. The van der Waals surface area contributed by atoms with Crippen LogP contribution in [0.15, 0.2) is 12.1 Å². The number of ether oxygens (including phenoxy) is 1. The maximum atomic E-state index is 12.4. The molecular weight excluding hydrogens is 344 g/mol. The largest absolute Gasteiger partial charge is 0.444 e. The minimum Gasteiger partial charge on any atom is -0.444 e. The van der Waals surface area contributed by atoms with E-state index in [-0.39, 0.29) is 12.0 Å². The number of hydrogen-bond acceptors (Lipinski definition) is 5. The van der Waals surface area contributed by atoms with Crippen LogP contribution in [0.4, 0.5) is 10.6 Å². The molecule has 27 heavy (non-hydrogen) atoms. The molecule has 7 heteroatoms. The molecule has 0 atom stereocenters. The van der Waals surface area contributed by atoms with Gasteiger partial charge in [-0.25, -0.2) is 9.78 Å². The molecule has 0 N–H and O–H groups in total. The summed E-state index contributed by atoms with van der Waals surface area (Å²) in [6.07, 6.45) is 1.27. The summed E-state index contributed by atoms with van der Waals surface area (Å²) in [5.41, 5.74) is 1.78. The average Bonchev–Trinajstić information content (AvgIpc) is 2.82. The molecule has 2 aliphatic heterocycles. The fourth-order valence-electron chi connectivity index (χ4n) is 3.51. The number of rotatable bonds is 1. The predicted molar refractivity (Wildman–Crippen MR) is 104 cm³/mol. The van der Waals surface area contributed by atoms with Gasteiger partial charge in [0.1, 0.15) is 11.4 Å². The summed E-state index contributed by atoms with van der Waals surface area (Å²) in [5.74, 6) is 1.09. The Morgan fingerprint density at radius 2 is 1.63 bits per heavy atom. The summed E-state index contributed by atoms with van der Waals surface area (Å²) in [4.78, 5) is 34.6. The van der Waals surface area contributed by atoms with E-state index in [2.05, 4.69) is 17.0 Å². The van der Waals surface area contributed by atoms with E-state index in [9.17, 15) is 9.59 Å². The molecule has 0 aromatic carbocycles. The standard InChI is InChI=1S/C20H30N4O3/c1-15(25)22-11-13-23(14-12-22)18-6-5-16-7-9-24(10-8-17(16)21-18)19(26)27-20(2,3)4/h5-6H,7-14H2,1-4H3. The van der Waals surface area contributed by atoms with E-state index in [0.29, 0.717) is 13.1 Å². The highest BCUT2D eigenvalue weighted by Crippen LogP contribution is 2.21. The van der Waals surface area contributed by atoms with Crippen molar-refractivity contribution in [1.82, 2.24) is 14.8 Å². The lowest BCUT2D eigenvalue weighted by Gasteiger charge is -2.35. The van der Waals surface area contributed by atoms with Gasteiger partial charge in [-0.05, 0) is 38.8 Å². The zero-order valence-corrected chi connectivity index (χ0v) is 16.8. The van der Waals surface area contributed by atoms with Crippen LogP contribution >= 0.6 is 0 Å². The average molecular weight is 374 g/mol. The molecule has 0 saturated carbocycles.